The van der Waals surface area contributed by atoms with E-state index in [1.807, 2.05) is 62.4 Å². The number of rotatable bonds is 16. The van der Waals surface area contributed by atoms with Gasteiger partial charge in [0, 0.05) is 37.6 Å². The van der Waals surface area contributed by atoms with Crippen LogP contribution in [0, 0.1) is 0 Å². The number of unbranched alkanes of at least 4 members (excludes halogenated alkanes) is 6. The van der Waals surface area contributed by atoms with Crippen molar-refractivity contribution in [3.63, 3.8) is 0 Å². The van der Waals surface area contributed by atoms with Crippen molar-refractivity contribution in [1.29, 1.82) is 0 Å². The number of ether oxygens (including phenoxy) is 2. The highest BCUT2D eigenvalue weighted by Crippen LogP contribution is 2.23. The summed E-state index contributed by atoms with van der Waals surface area (Å²) in [6, 6.07) is 15.6. The Kier molecular flexibility index (Phi) is 13.3. The largest absolute Gasteiger partial charge is 0.459 e. The van der Waals surface area contributed by atoms with E-state index in [-0.39, 0.29) is 24.1 Å². The first-order valence-corrected chi connectivity index (χ1v) is 15.5. The molecule has 0 aromatic heterocycles. The molecule has 1 saturated heterocycles. The first-order valence-electron chi connectivity index (χ1n) is 15.5. The van der Waals surface area contributed by atoms with Crippen LogP contribution in [0.15, 0.2) is 48.5 Å². The monoisotopic (exact) mass is 550 g/mol. The van der Waals surface area contributed by atoms with Crippen LogP contribution in [0.4, 0.5) is 11.4 Å². The molecule has 1 aliphatic rings. The Labute approximate surface area is 242 Å². The van der Waals surface area contributed by atoms with Gasteiger partial charge in [-0.2, -0.15) is 0 Å². The highest BCUT2D eigenvalue weighted by molar-refractivity contribution is 5.90. The van der Waals surface area contributed by atoms with Gasteiger partial charge in [0.25, 0.3) is 0 Å². The Balaban J connectivity index is 1.42. The third-order valence-corrected chi connectivity index (χ3v) is 7.76. The average Bonchev–Trinajstić information content (AvgIpc) is 2.98. The SMILES string of the molecule is CCCCCCC(C)OC(=O)c1ccc(N2CCN(c3ccc(C(=O)O[C@@H](C)CCCCCC)cc3)CC2)cc1. The first-order chi connectivity index (χ1) is 19.4. The van der Waals surface area contributed by atoms with Gasteiger partial charge in [-0.05, 0) is 88.1 Å². The van der Waals surface area contributed by atoms with Crippen molar-refractivity contribution in [1.82, 2.24) is 0 Å². The fourth-order valence-corrected chi connectivity index (χ4v) is 5.18. The zero-order chi connectivity index (χ0) is 28.7. The summed E-state index contributed by atoms with van der Waals surface area (Å²) in [5.41, 5.74) is 3.44. The van der Waals surface area contributed by atoms with Crippen LogP contribution in [0.2, 0.25) is 0 Å². The van der Waals surface area contributed by atoms with E-state index in [9.17, 15) is 9.59 Å². The maximum absolute atomic E-state index is 12.5. The van der Waals surface area contributed by atoms with Crippen LogP contribution >= 0.6 is 0 Å². The normalized spacial score (nSPS) is 15.0. The van der Waals surface area contributed by atoms with Gasteiger partial charge in [0.05, 0.1) is 23.3 Å². The van der Waals surface area contributed by atoms with Crippen molar-refractivity contribution in [3.05, 3.63) is 59.7 Å². The Morgan fingerprint density at radius 1 is 0.600 bits per heavy atom. The molecule has 6 nitrogen and oxygen atoms in total. The maximum atomic E-state index is 12.5. The number of nitrogens with zero attached hydrogens (tertiary/aromatic N) is 2. The molecule has 0 saturated carbocycles. The second-order valence-corrected chi connectivity index (χ2v) is 11.2. The van der Waals surface area contributed by atoms with Gasteiger partial charge in [-0.25, -0.2) is 9.59 Å². The number of piperazine rings is 1. The summed E-state index contributed by atoms with van der Waals surface area (Å²) >= 11 is 0. The predicted octanol–water partition coefficient (Wildman–Crippen LogP) is 8.04. The van der Waals surface area contributed by atoms with E-state index >= 15 is 0 Å². The van der Waals surface area contributed by atoms with Crippen molar-refractivity contribution in [2.24, 2.45) is 0 Å². The van der Waals surface area contributed by atoms with E-state index in [1.54, 1.807) is 0 Å². The van der Waals surface area contributed by atoms with Gasteiger partial charge in [0.15, 0.2) is 0 Å². The molecule has 2 aromatic rings. The molecule has 6 heteroatoms. The van der Waals surface area contributed by atoms with E-state index in [2.05, 4.69) is 23.6 Å². The Morgan fingerprint density at radius 3 is 1.27 bits per heavy atom. The lowest BCUT2D eigenvalue weighted by Crippen LogP contribution is -2.46. The molecule has 0 spiro atoms. The number of carbonyl (C=O) groups is 2. The average molecular weight is 551 g/mol. The van der Waals surface area contributed by atoms with Gasteiger partial charge in [-0.3, -0.25) is 0 Å². The number of hydrogen-bond donors (Lipinski definition) is 0. The van der Waals surface area contributed by atoms with Crippen molar-refractivity contribution >= 4 is 23.3 Å². The molecule has 220 valence electrons. The van der Waals surface area contributed by atoms with Crippen LogP contribution in [0.1, 0.15) is 113 Å². The fourth-order valence-electron chi connectivity index (χ4n) is 5.18. The van der Waals surface area contributed by atoms with E-state index < -0.39 is 0 Å². The Bertz CT molecular complexity index is 930. The fraction of sp³-hybridized carbons (Fsp3) is 0.588. The summed E-state index contributed by atoms with van der Waals surface area (Å²) in [6.07, 6.45) is 11.2. The molecule has 1 aliphatic heterocycles. The molecule has 0 N–H and O–H groups in total. The van der Waals surface area contributed by atoms with Gasteiger partial charge in [-0.15, -0.1) is 0 Å². The van der Waals surface area contributed by atoms with E-state index in [4.69, 9.17) is 9.47 Å². The topological polar surface area (TPSA) is 59.1 Å². The summed E-state index contributed by atoms with van der Waals surface area (Å²) < 4.78 is 11.3. The molecular formula is C34H50N2O4. The van der Waals surface area contributed by atoms with Crippen molar-refractivity contribution in [2.75, 3.05) is 36.0 Å². The van der Waals surface area contributed by atoms with Gasteiger partial charge < -0.3 is 19.3 Å². The lowest BCUT2D eigenvalue weighted by molar-refractivity contribution is 0.0309. The minimum atomic E-state index is -0.242. The zero-order valence-corrected chi connectivity index (χ0v) is 25.2. The minimum Gasteiger partial charge on any atom is -0.459 e. The third kappa shape index (κ3) is 10.2. The number of benzene rings is 2. The molecule has 2 atom stereocenters. The molecule has 1 unspecified atom stereocenters. The minimum absolute atomic E-state index is 0.0549. The lowest BCUT2D eigenvalue weighted by Gasteiger charge is -2.37. The Morgan fingerprint density at radius 2 is 0.950 bits per heavy atom. The summed E-state index contributed by atoms with van der Waals surface area (Å²) in [5.74, 6) is -0.485. The van der Waals surface area contributed by atoms with Crippen molar-refractivity contribution in [2.45, 2.75) is 104 Å². The third-order valence-electron chi connectivity index (χ3n) is 7.76. The second kappa shape index (κ2) is 16.9. The van der Waals surface area contributed by atoms with Crippen molar-refractivity contribution in [3.8, 4) is 0 Å². The molecule has 0 radical (unpaired) electrons. The summed E-state index contributed by atoms with van der Waals surface area (Å²) in [4.78, 5) is 29.8. The van der Waals surface area contributed by atoms with Crippen LogP contribution in [0.25, 0.3) is 0 Å². The molecule has 2 aromatic carbocycles. The highest BCUT2D eigenvalue weighted by Gasteiger charge is 2.19. The molecule has 0 aliphatic carbocycles. The quantitative estimate of drug-likeness (QED) is 0.156. The molecular weight excluding hydrogens is 500 g/mol. The van der Waals surface area contributed by atoms with E-state index in [1.165, 1.54) is 38.5 Å². The molecule has 1 fully saturated rings. The van der Waals surface area contributed by atoms with Crippen LogP contribution in [-0.4, -0.2) is 50.3 Å². The standard InChI is InChI=1S/C34H50N2O4/c1-5-7-9-11-13-27(3)39-33(37)29-15-19-31(20-16-29)35-23-25-36(26-24-35)32-21-17-30(18-22-32)34(38)40-28(4)14-12-10-8-6-2/h15-22,27-28H,5-14,23-26H2,1-4H3/t27-,28?/m0/s1. The van der Waals surface area contributed by atoms with Gasteiger partial charge in [-0.1, -0.05) is 52.4 Å². The Hall–Kier alpha value is -3.02. The van der Waals surface area contributed by atoms with Crippen LogP contribution < -0.4 is 9.80 Å². The number of anilines is 2. The predicted molar refractivity (Wildman–Crippen MR) is 165 cm³/mol. The summed E-state index contributed by atoms with van der Waals surface area (Å²) in [7, 11) is 0. The molecule has 0 bridgehead atoms. The first kappa shape index (κ1) is 31.5. The van der Waals surface area contributed by atoms with E-state index in [0.717, 1.165) is 63.2 Å². The van der Waals surface area contributed by atoms with Gasteiger partial charge in [0.2, 0.25) is 0 Å². The maximum Gasteiger partial charge on any atom is 0.338 e. The van der Waals surface area contributed by atoms with Crippen LogP contribution in [0.3, 0.4) is 0 Å². The van der Waals surface area contributed by atoms with Crippen molar-refractivity contribution < 1.29 is 19.1 Å². The van der Waals surface area contributed by atoms with Crippen LogP contribution in [0.5, 0.6) is 0 Å². The van der Waals surface area contributed by atoms with E-state index in [0.29, 0.717) is 11.1 Å². The lowest BCUT2D eigenvalue weighted by atomic mass is 10.1. The number of carbonyl (C=O) groups excluding carboxylic acids is 2. The summed E-state index contributed by atoms with van der Waals surface area (Å²) in [6.45, 7) is 11.9. The van der Waals surface area contributed by atoms with Crippen LogP contribution in [-0.2, 0) is 9.47 Å². The molecule has 1 heterocycles. The second-order valence-electron chi connectivity index (χ2n) is 11.2. The number of esters is 2. The smallest absolute Gasteiger partial charge is 0.338 e. The zero-order valence-electron chi connectivity index (χ0n) is 25.2. The van der Waals surface area contributed by atoms with Gasteiger partial charge >= 0.3 is 11.9 Å². The molecule has 0 amide bonds. The number of hydrogen-bond acceptors (Lipinski definition) is 6. The molecule has 3 rings (SSSR count). The molecule has 40 heavy (non-hydrogen) atoms. The summed E-state index contributed by atoms with van der Waals surface area (Å²) in [5, 5.41) is 0. The highest BCUT2D eigenvalue weighted by atomic mass is 16.5. The van der Waals surface area contributed by atoms with Gasteiger partial charge in [0.1, 0.15) is 0 Å².